The summed E-state index contributed by atoms with van der Waals surface area (Å²) in [6.45, 7) is 1.59. The lowest BCUT2D eigenvalue weighted by Gasteiger charge is -2.09. The predicted molar refractivity (Wildman–Crippen MR) is 88.8 cm³/mol. The van der Waals surface area contributed by atoms with Crippen LogP contribution in [0.2, 0.25) is 0 Å². The van der Waals surface area contributed by atoms with E-state index in [0.717, 1.165) is 17.0 Å². The minimum atomic E-state index is -0.164. The standard InChI is InChI=1S/C17H21N3O3/c1-22-8-7-19-17(21)14-9-15(12-18-11-14)20-10-13-3-5-16(23-2)6-4-13/h3-6,9,11-12,20H,7-8,10H2,1-2H3,(H,19,21). The third-order valence-electron chi connectivity index (χ3n) is 3.25. The average molecular weight is 315 g/mol. The van der Waals surface area contributed by atoms with Crippen molar-refractivity contribution in [2.24, 2.45) is 0 Å². The zero-order chi connectivity index (χ0) is 16.5. The van der Waals surface area contributed by atoms with Crippen LogP contribution in [0.5, 0.6) is 5.75 Å². The number of anilines is 1. The Morgan fingerprint density at radius 1 is 1.17 bits per heavy atom. The molecular formula is C17H21N3O3. The molecule has 2 rings (SSSR count). The number of amides is 1. The van der Waals surface area contributed by atoms with Crippen LogP contribution in [-0.4, -0.2) is 38.3 Å². The van der Waals surface area contributed by atoms with Crippen LogP contribution in [0.3, 0.4) is 0 Å². The smallest absolute Gasteiger partial charge is 0.253 e. The first kappa shape index (κ1) is 16.8. The highest BCUT2D eigenvalue weighted by molar-refractivity contribution is 5.94. The summed E-state index contributed by atoms with van der Waals surface area (Å²) in [4.78, 5) is 16.1. The minimum absolute atomic E-state index is 0.164. The predicted octanol–water partition coefficient (Wildman–Crippen LogP) is 2.08. The lowest BCUT2D eigenvalue weighted by molar-refractivity contribution is 0.0937. The number of ether oxygens (including phenoxy) is 2. The Labute approximate surface area is 135 Å². The van der Waals surface area contributed by atoms with E-state index in [2.05, 4.69) is 15.6 Å². The second-order valence-corrected chi connectivity index (χ2v) is 4.91. The molecule has 1 aromatic heterocycles. The average Bonchev–Trinajstić information content (AvgIpc) is 2.61. The summed E-state index contributed by atoms with van der Waals surface area (Å²) in [5.74, 6) is 0.660. The zero-order valence-electron chi connectivity index (χ0n) is 13.3. The quantitative estimate of drug-likeness (QED) is 0.730. The van der Waals surface area contributed by atoms with Gasteiger partial charge in [-0.15, -0.1) is 0 Å². The molecule has 0 saturated heterocycles. The van der Waals surface area contributed by atoms with E-state index in [0.29, 0.717) is 25.3 Å². The molecule has 0 aliphatic rings. The number of carbonyl (C=O) groups excluding carboxylic acids is 1. The Balaban J connectivity index is 1.92. The molecule has 0 saturated carbocycles. The number of nitrogens with one attached hydrogen (secondary N) is 2. The number of benzene rings is 1. The Morgan fingerprint density at radius 3 is 2.65 bits per heavy atom. The third kappa shape index (κ3) is 5.27. The van der Waals surface area contributed by atoms with Gasteiger partial charge in [0.05, 0.1) is 25.0 Å². The lowest BCUT2D eigenvalue weighted by Crippen LogP contribution is -2.27. The van der Waals surface area contributed by atoms with Gasteiger partial charge < -0.3 is 20.1 Å². The van der Waals surface area contributed by atoms with Crippen molar-refractivity contribution in [3.8, 4) is 5.75 Å². The van der Waals surface area contributed by atoms with Crippen molar-refractivity contribution in [2.75, 3.05) is 32.7 Å². The molecule has 0 radical (unpaired) electrons. The molecule has 1 aromatic carbocycles. The molecule has 0 spiro atoms. The fraction of sp³-hybridized carbons (Fsp3) is 0.294. The van der Waals surface area contributed by atoms with Crippen molar-refractivity contribution in [1.29, 1.82) is 0 Å². The van der Waals surface area contributed by atoms with E-state index in [1.54, 1.807) is 32.7 Å². The van der Waals surface area contributed by atoms with Gasteiger partial charge in [0.15, 0.2) is 0 Å². The summed E-state index contributed by atoms with van der Waals surface area (Å²) < 4.78 is 10.0. The summed E-state index contributed by atoms with van der Waals surface area (Å²) >= 11 is 0. The Kier molecular flexibility index (Phi) is 6.38. The number of aromatic nitrogens is 1. The van der Waals surface area contributed by atoms with E-state index in [4.69, 9.17) is 9.47 Å². The summed E-state index contributed by atoms with van der Waals surface area (Å²) in [5.41, 5.74) is 2.42. The maximum Gasteiger partial charge on any atom is 0.253 e. The third-order valence-corrected chi connectivity index (χ3v) is 3.25. The summed E-state index contributed by atoms with van der Waals surface area (Å²) in [5, 5.41) is 6.02. The highest BCUT2D eigenvalue weighted by atomic mass is 16.5. The fourth-order valence-electron chi connectivity index (χ4n) is 1.98. The molecule has 0 fully saturated rings. The van der Waals surface area contributed by atoms with Gasteiger partial charge in [0.1, 0.15) is 5.75 Å². The Morgan fingerprint density at radius 2 is 1.96 bits per heavy atom. The topological polar surface area (TPSA) is 72.5 Å². The van der Waals surface area contributed by atoms with Gasteiger partial charge in [0.25, 0.3) is 5.91 Å². The lowest BCUT2D eigenvalue weighted by atomic mass is 10.2. The number of methoxy groups -OCH3 is 2. The number of hydrogen-bond acceptors (Lipinski definition) is 5. The van der Waals surface area contributed by atoms with Gasteiger partial charge in [-0.3, -0.25) is 9.78 Å². The van der Waals surface area contributed by atoms with E-state index in [-0.39, 0.29) is 5.91 Å². The molecule has 0 aliphatic carbocycles. The first-order chi connectivity index (χ1) is 11.2. The number of rotatable bonds is 8. The number of pyridine rings is 1. The maximum atomic E-state index is 12.0. The molecule has 0 aliphatic heterocycles. The van der Waals surface area contributed by atoms with Crippen LogP contribution < -0.4 is 15.4 Å². The highest BCUT2D eigenvalue weighted by Crippen LogP contribution is 2.14. The maximum absolute atomic E-state index is 12.0. The second-order valence-electron chi connectivity index (χ2n) is 4.91. The van der Waals surface area contributed by atoms with Crippen molar-refractivity contribution in [3.05, 3.63) is 53.9 Å². The molecule has 0 bridgehead atoms. The largest absolute Gasteiger partial charge is 0.497 e. The van der Waals surface area contributed by atoms with Crippen molar-refractivity contribution >= 4 is 11.6 Å². The van der Waals surface area contributed by atoms with Gasteiger partial charge in [0, 0.05) is 32.6 Å². The summed E-state index contributed by atoms with van der Waals surface area (Å²) in [7, 11) is 3.24. The normalized spacial score (nSPS) is 10.2. The molecular weight excluding hydrogens is 294 g/mol. The van der Waals surface area contributed by atoms with Gasteiger partial charge in [0.2, 0.25) is 0 Å². The van der Waals surface area contributed by atoms with Crippen molar-refractivity contribution in [2.45, 2.75) is 6.54 Å². The first-order valence-electron chi connectivity index (χ1n) is 7.32. The minimum Gasteiger partial charge on any atom is -0.497 e. The van der Waals surface area contributed by atoms with Crippen molar-refractivity contribution in [3.63, 3.8) is 0 Å². The first-order valence-corrected chi connectivity index (χ1v) is 7.32. The molecule has 122 valence electrons. The molecule has 6 heteroatoms. The van der Waals surface area contributed by atoms with Gasteiger partial charge in [-0.25, -0.2) is 0 Å². The van der Waals surface area contributed by atoms with Crippen LogP contribution >= 0.6 is 0 Å². The van der Waals surface area contributed by atoms with Crippen molar-refractivity contribution in [1.82, 2.24) is 10.3 Å². The van der Waals surface area contributed by atoms with Crippen LogP contribution in [0.4, 0.5) is 5.69 Å². The summed E-state index contributed by atoms with van der Waals surface area (Å²) in [6, 6.07) is 9.57. The molecule has 23 heavy (non-hydrogen) atoms. The van der Waals surface area contributed by atoms with E-state index < -0.39 is 0 Å². The number of carbonyl (C=O) groups is 1. The monoisotopic (exact) mass is 315 g/mol. The van der Waals surface area contributed by atoms with E-state index in [1.165, 1.54) is 0 Å². The molecule has 0 unspecified atom stereocenters. The van der Waals surface area contributed by atoms with Crippen LogP contribution in [-0.2, 0) is 11.3 Å². The van der Waals surface area contributed by atoms with E-state index >= 15 is 0 Å². The molecule has 6 nitrogen and oxygen atoms in total. The zero-order valence-corrected chi connectivity index (χ0v) is 13.3. The Hall–Kier alpha value is -2.60. The van der Waals surface area contributed by atoms with E-state index in [1.807, 2.05) is 24.3 Å². The van der Waals surface area contributed by atoms with Crippen LogP contribution in [0, 0.1) is 0 Å². The van der Waals surface area contributed by atoms with Gasteiger partial charge >= 0.3 is 0 Å². The summed E-state index contributed by atoms with van der Waals surface area (Å²) in [6.07, 6.45) is 3.23. The van der Waals surface area contributed by atoms with E-state index in [9.17, 15) is 4.79 Å². The fourth-order valence-corrected chi connectivity index (χ4v) is 1.98. The molecule has 2 N–H and O–H groups in total. The molecule has 1 amide bonds. The Bertz CT molecular complexity index is 629. The van der Waals surface area contributed by atoms with Crippen LogP contribution in [0.1, 0.15) is 15.9 Å². The van der Waals surface area contributed by atoms with Gasteiger partial charge in [-0.1, -0.05) is 12.1 Å². The molecule has 0 atom stereocenters. The number of hydrogen-bond donors (Lipinski definition) is 2. The van der Waals surface area contributed by atoms with Crippen LogP contribution in [0.15, 0.2) is 42.7 Å². The molecule has 1 heterocycles. The number of nitrogens with zero attached hydrogens (tertiary/aromatic N) is 1. The van der Waals surface area contributed by atoms with Gasteiger partial charge in [-0.05, 0) is 23.8 Å². The van der Waals surface area contributed by atoms with Crippen molar-refractivity contribution < 1.29 is 14.3 Å². The van der Waals surface area contributed by atoms with Gasteiger partial charge in [-0.2, -0.15) is 0 Å². The highest BCUT2D eigenvalue weighted by Gasteiger charge is 2.06. The van der Waals surface area contributed by atoms with Crippen LogP contribution in [0.25, 0.3) is 0 Å². The molecule has 2 aromatic rings. The SMILES string of the molecule is COCCNC(=O)c1cncc(NCc2ccc(OC)cc2)c1. The second kappa shape index (κ2) is 8.75.